The Labute approximate surface area is 97.5 Å². The van der Waals surface area contributed by atoms with Crippen LogP contribution in [0.1, 0.15) is 16.1 Å². The summed E-state index contributed by atoms with van der Waals surface area (Å²) in [5.41, 5.74) is 5.47. The zero-order valence-corrected chi connectivity index (χ0v) is 9.26. The number of aliphatic hydroxyl groups is 1. The molecule has 0 aliphatic heterocycles. The van der Waals surface area contributed by atoms with E-state index in [2.05, 4.69) is 17.0 Å². The van der Waals surface area contributed by atoms with Crippen molar-refractivity contribution in [3.8, 4) is 0 Å². The number of furan rings is 1. The lowest BCUT2D eigenvalue weighted by Gasteiger charge is -1.96. The van der Waals surface area contributed by atoms with Gasteiger partial charge < -0.3 is 20.4 Å². The second-order valence-electron chi connectivity index (χ2n) is 2.71. The summed E-state index contributed by atoms with van der Waals surface area (Å²) in [7, 11) is 0. The van der Waals surface area contributed by atoms with Crippen molar-refractivity contribution in [2.75, 3.05) is 5.75 Å². The fraction of sp³-hybridized carbons (Fsp3) is 0.333. The standard InChI is InChI=1S/C6H6O3.C3H7NO2S/c7-3-5-1-2-9-6(5)4-8;4-2(1-7)3(5)6/h1-2,4,7H,3H2;2,7H,1,4H2,(H,5,6)/t;2-/m.0/s1. The molecule has 1 rings (SSSR count). The number of hydrogen-bond donors (Lipinski definition) is 4. The monoisotopic (exact) mass is 247 g/mol. The van der Waals surface area contributed by atoms with Crippen LogP contribution in [0.2, 0.25) is 0 Å². The number of hydrogen-bond acceptors (Lipinski definition) is 6. The summed E-state index contributed by atoms with van der Waals surface area (Å²) in [4.78, 5) is 19.8. The van der Waals surface area contributed by atoms with E-state index in [1.165, 1.54) is 6.26 Å². The largest absolute Gasteiger partial charge is 0.480 e. The Hall–Kier alpha value is -1.31. The molecule has 4 N–H and O–H groups in total. The molecule has 0 aliphatic rings. The van der Waals surface area contributed by atoms with E-state index in [0.717, 1.165) is 0 Å². The Bertz CT molecular complexity index is 338. The number of carbonyl (C=O) groups excluding carboxylic acids is 1. The first-order valence-corrected chi connectivity index (χ1v) is 4.91. The van der Waals surface area contributed by atoms with Crippen LogP contribution < -0.4 is 5.73 Å². The molecule has 0 saturated heterocycles. The Morgan fingerprint density at radius 2 is 2.31 bits per heavy atom. The van der Waals surface area contributed by atoms with Crippen molar-refractivity contribution < 1.29 is 24.2 Å². The Morgan fingerprint density at radius 3 is 2.56 bits per heavy atom. The van der Waals surface area contributed by atoms with Gasteiger partial charge in [-0.05, 0) is 6.07 Å². The molecule has 1 aromatic rings. The Kier molecular flexibility index (Phi) is 7.27. The molecular weight excluding hydrogens is 234 g/mol. The number of thiol groups is 1. The van der Waals surface area contributed by atoms with Crippen LogP contribution in [0.5, 0.6) is 0 Å². The summed E-state index contributed by atoms with van der Waals surface area (Å²) < 4.78 is 4.68. The maximum absolute atomic E-state index is 10.0. The lowest BCUT2D eigenvalue weighted by Crippen LogP contribution is -2.31. The lowest BCUT2D eigenvalue weighted by atomic mass is 10.3. The van der Waals surface area contributed by atoms with Crippen molar-refractivity contribution in [3.63, 3.8) is 0 Å². The number of aldehydes is 1. The van der Waals surface area contributed by atoms with E-state index in [1.807, 2.05) is 0 Å². The van der Waals surface area contributed by atoms with Gasteiger partial charge in [-0.25, -0.2) is 0 Å². The smallest absolute Gasteiger partial charge is 0.321 e. The summed E-state index contributed by atoms with van der Waals surface area (Å²) in [5, 5.41) is 16.5. The summed E-state index contributed by atoms with van der Waals surface area (Å²) in [6.07, 6.45) is 1.95. The highest BCUT2D eigenvalue weighted by Crippen LogP contribution is 2.06. The summed E-state index contributed by atoms with van der Waals surface area (Å²) in [6.45, 7) is -0.148. The fourth-order valence-electron chi connectivity index (χ4n) is 0.659. The summed E-state index contributed by atoms with van der Waals surface area (Å²) in [5.74, 6) is -0.609. The number of aliphatic carboxylic acids is 1. The van der Waals surface area contributed by atoms with Gasteiger partial charge in [-0.3, -0.25) is 9.59 Å². The third-order valence-electron chi connectivity index (χ3n) is 1.57. The molecule has 0 radical (unpaired) electrons. The van der Waals surface area contributed by atoms with E-state index in [9.17, 15) is 9.59 Å². The van der Waals surface area contributed by atoms with Gasteiger partial charge in [-0.2, -0.15) is 12.6 Å². The third-order valence-corrected chi connectivity index (χ3v) is 1.97. The number of carboxylic acid groups (broad SMARTS) is 1. The SMILES string of the molecule is N[C@@H](CS)C(=O)O.O=Cc1occc1CO. The van der Waals surface area contributed by atoms with Gasteiger partial charge in [0.25, 0.3) is 0 Å². The minimum absolute atomic E-state index is 0.148. The second kappa shape index (κ2) is 7.91. The van der Waals surface area contributed by atoms with Crippen molar-refractivity contribution in [1.29, 1.82) is 0 Å². The van der Waals surface area contributed by atoms with Crippen molar-refractivity contribution in [1.82, 2.24) is 0 Å². The maximum Gasteiger partial charge on any atom is 0.321 e. The molecule has 1 aromatic heterocycles. The van der Waals surface area contributed by atoms with E-state index in [-0.39, 0.29) is 18.1 Å². The van der Waals surface area contributed by atoms with Crippen LogP contribution >= 0.6 is 12.6 Å². The number of nitrogens with two attached hydrogens (primary N) is 1. The minimum Gasteiger partial charge on any atom is -0.480 e. The maximum atomic E-state index is 10.0. The molecule has 7 heteroatoms. The van der Waals surface area contributed by atoms with E-state index < -0.39 is 12.0 Å². The predicted molar refractivity (Wildman–Crippen MR) is 59.5 cm³/mol. The molecule has 0 unspecified atom stereocenters. The average Bonchev–Trinajstić information content (AvgIpc) is 2.75. The molecule has 1 atom stereocenters. The lowest BCUT2D eigenvalue weighted by molar-refractivity contribution is -0.137. The van der Waals surface area contributed by atoms with Gasteiger partial charge >= 0.3 is 5.97 Å². The molecule has 0 aromatic carbocycles. The molecule has 6 nitrogen and oxygen atoms in total. The topological polar surface area (TPSA) is 114 Å². The van der Waals surface area contributed by atoms with E-state index >= 15 is 0 Å². The molecule has 1 heterocycles. The molecule has 0 fully saturated rings. The highest BCUT2D eigenvalue weighted by molar-refractivity contribution is 7.80. The van der Waals surface area contributed by atoms with Crippen LogP contribution in [0, 0.1) is 0 Å². The quantitative estimate of drug-likeness (QED) is 0.437. The molecule has 0 saturated carbocycles. The summed E-state index contributed by atoms with van der Waals surface area (Å²) >= 11 is 3.65. The molecular formula is C9H13NO5S. The highest BCUT2D eigenvalue weighted by atomic mass is 32.1. The number of aliphatic hydroxyl groups excluding tert-OH is 1. The van der Waals surface area contributed by atoms with E-state index in [1.54, 1.807) is 6.07 Å². The van der Waals surface area contributed by atoms with E-state index in [4.69, 9.17) is 15.9 Å². The predicted octanol–water partition coefficient (Wildman–Crippen LogP) is -0.0875. The molecule has 0 amide bonds. The van der Waals surface area contributed by atoms with Crippen molar-refractivity contribution >= 4 is 24.9 Å². The third kappa shape index (κ3) is 4.96. The number of rotatable bonds is 4. The first kappa shape index (κ1) is 14.7. The first-order chi connectivity index (χ1) is 7.56. The molecule has 0 bridgehead atoms. The molecule has 0 spiro atoms. The highest BCUT2D eigenvalue weighted by Gasteiger charge is 2.06. The molecule has 0 aliphatic carbocycles. The number of carbonyl (C=O) groups is 2. The van der Waals surface area contributed by atoms with Crippen LogP contribution in [0.15, 0.2) is 16.7 Å². The van der Waals surface area contributed by atoms with Crippen LogP contribution in [0.4, 0.5) is 0 Å². The zero-order chi connectivity index (χ0) is 12.6. The number of carboxylic acids is 1. The van der Waals surface area contributed by atoms with Gasteiger partial charge in [0, 0.05) is 11.3 Å². The van der Waals surface area contributed by atoms with Crippen molar-refractivity contribution in [3.05, 3.63) is 23.7 Å². The van der Waals surface area contributed by atoms with Crippen LogP contribution in [0.3, 0.4) is 0 Å². The minimum atomic E-state index is -1.00. The molecule has 90 valence electrons. The fourth-order valence-corrected chi connectivity index (χ4v) is 0.816. The van der Waals surface area contributed by atoms with Crippen molar-refractivity contribution in [2.24, 2.45) is 5.73 Å². The van der Waals surface area contributed by atoms with Crippen LogP contribution in [-0.2, 0) is 11.4 Å². The average molecular weight is 247 g/mol. The Morgan fingerprint density at radius 1 is 1.69 bits per heavy atom. The van der Waals surface area contributed by atoms with Gasteiger partial charge in [0.2, 0.25) is 0 Å². The van der Waals surface area contributed by atoms with Crippen LogP contribution in [0.25, 0.3) is 0 Å². The summed E-state index contributed by atoms with van der Waals surface area (Å²) in [6, 6.07) is 0.743. The van der Waals surface area contributed by atoms with Crippen molar-refractivity contribution in [2.45, 2.75) is 12.6 Å². The second-order valence-corrected chi connectivity index (χ2v) is 3.08. The van der Waals surface area contributed by atoms with Crippen LogP contribution in [-0.4, -0.2) is 34.3 Å². The normalized spacial score (nSPS) is 11.2. The van der Waals surface area contributed by atoms with Gasteiger partial charge in [-0.15, -0.1) is 0 Å². The van der Waals surface area contributed by atoms with E-state index in [0.29, 0.717) is 11.8 Å². The van der Waals surface area contributed by atoms with Gasteiger partial charge in [0.15, 0.2) is 12.0 Å². The van der Waals surface area contributed by atoms with Gasteiger partial charge in [0.1, 0.15) is 6.04 Å². The van der Waals surface area contributed by atoms with Gasteiger partial charge in [-0.1, -0.05) is 0 Å². The Balaban J connectivity index is 0.000000293. The first-order valence-electron chi connectivity index (χ1n) is 4.28. The van der Waals surface area contributed by atoms with Gasteiger partial charge in [0.05, 0.1) is 12.9 Å². The molecule has 16 heavy (non-hydrogen) atoms. The zero-order valence-electron chi connectivity index (χ0n) is 8.37.